The zero-order valence-corrected chi connectivity index (χ0v) is 12.1. The van der Waals surface area contributed by atoms with Crippen molar-refractivity contribution in [1.29, 1.82) is 0 Å². The number of nitro groups is 1. The minimum Gasteiger partial charge on any atom is -0.370 e. The van der Waals surface area contributed by atoms with E-state index in [1.54, 1.807) is 19.9 Å². The summed E-state index contributed by atoms with van der Waals surface area (Å²) in [7, 11) is 0. The fourth-order valence-electron chi connectivity index (χ4n) is 2.28. The summed E-state index contributed by atoms with van der Waals surface area (Å²) in [6, 6.07) is 6.00. The van der Waals surface area contributed by atoms with Gasteiger partial charge in [0.25, 0.3) is 5.69 Å². The normalized spacial score (nSPS) is 10.5. The van der Waals surface area contributed by atoms with Crippen molar-refractivity contribution in [1.82, 2.24) is 4.98 Å². The number of hydrogen-bond acceptors (Lipinski definition) is 4. The Labute approximate surface area is 122 Å². The van der Waals surface area contributed by atoms with Crippen molar-refractivity contribution in [3.05, 3.63) is 51.3 Å². The maximum Gasteiger partial charge on any atom is 0.295 e. The van der Waals surface area contributed by atoms with Crippen LogP contribution in [0, 0.1) is 29.8 Å². The third kappa shape index (κ3) is 2.99. The molecule has 0 saturated heterocycles. The number of anilines is 1. The Morgan fingerprint density at radius 1 is 1.33 bits per heavy atom. The van der Waals surface area contributed by atoms with Gasteiger partial charge < -0.3 is 5.32 Å². The van der Waals surface area contributed by atoms with Gasteiger partial charge >= 0.3 is 0 Å². The van der Waals surface area contributed by atoms with Crippen LogP contribution in [0.5, 0.6) is 0 Å². The molecular weight excluding hydrogens is 273 g/mol. The van der Waals surface area contributed by atoms with E-state index in [0.717, 1.165) is 5.56 Å². The second kappa shape index (κ2) is 5.87. The molecule has 0 radical (unpaired) electrons. The van der Waals surface area contributed by atoms with Crippen LogP contribution in [0.4, 0.5) is 15.9 Å². The van der Waals surface area contributed by atoms with Gasteiger partial charge in [0, 0.05) is 18.2 Å². The van der Waals surface area contributed by atoms with Crippen LogP contribution in [0.3, 0.4) is 0 Å². The summed E-state index contributed by atoms with van der Waals surface area (Å²) in [6.07, 6.45) is 0. The Kier molecular flexibility index (Phi) is 4.16. The molecule has 1 heterocycles. The molecule has 0 fully saturated rings. The summed E-state index contributed by atoms with van der Waals surface area (Å²) in [5.74, 6) is -0.0192. The first-order valence-electron chi connectivity index (χ1n) is 6.60. The molecule has 1 aromatic heterocycles. The van der Waals surface area contributed by atoms with Crippen LogP contribution in [-0.4, -0.2) is 16.5 Å². The minimum atomic E-state index is -0.545. The van der Waals surface area contributed by atoms with E-state index in [2.05, 4.69) is 10.3 Å². The van der Waals surface area contributed by atoms with Gasteiger partial charge in [0.15, 0.2) is 5.69 Å². The quantitative estimate of drug-likeness (QED) is 0.685. The number of benzene rings is 1. The van der Waals surface area contributed by atoms with E-state index in [-0.39, 0.29) is 16.9 Å². The van der Waals surface area contributed by atoms with Gasteiger partial charge in [-0.3, -0.25) is 10.1 Å². The number of nitrogens with zero attached hydrogens (tertiary/aromatic N) is 2. The predicted octanol–water partition coefficient (Wildman–Crippen LogP) is 3.84. The SMILES string of the molecule is CCNc1ccc([N+](=O)[O-])c(-c2c(C)cc(C)cc2F)n1. The third-order valence-electron chi connectivity index (χ3n) is 3.10. The lowest BCUT2D eigenvalue weighted by Crippen LogP contribution is -2.04. The van der Waals surface area contributed by atoms with Crippen LogP contribution in [0.1, 0.15) is 18.1 Å². The van der Waals surface area contributed by atoms with Gasteiger partial charge in [-0.1, -0.05) is 6.07 Å². The van der Waals surface area contributed by atoms with E-state index < -0.39 is 10.7 Å². The third-order valence-corrected chi connectivity index (χ3v) is 3.10. The molecule has 0 aliphatic carbocycles. The summed E-state index contributed by atoms with van der Waals surface area (Å²) in [4.78, 5) is 14.8. The lowest BCUT2D eigenvalue weighted by molar-refractivity contribution is -0.384. The lowest BCUT2D eigenvalue weighted by Gasteiger charge is -2.11. The number of rotatable bonds is 4. The van der Waals surface area contributed by atoms with Crippen molar-refractivity contribution in [2.75, 3.05) is 11.9 Å². The smallest absolute Gasteiger partial charge is 0.295 e. The molecule has 0 saturated carbocycles. The Morgan fingerprint density at radius 3 is 2.62 bits per heavy atom. The molecule has 21 heavy (non-hydrogen) atoms. The minimum absolute atomic E-state index is 0.0495. The van der Waals surface area contributed by atoms with Gasteiger partial charge in [-0.25, -0.2) is 9.37 Å². The average molecular weight is 289 g/mol. The van der Waals surface area contributed by atoms with Gasteiger partial charge in [-0.05, 0) is 44.0 Å². The predicted molar refractivity (Wildman–Crippen MR) is 79.9 cm³/mol. The number of pyridine rings is 1. The van der Waals surface area contributed by atoms with Crippen molar-refractivity contribution in [3.8, 4) is 11.3 Å². The highest BCUT2D eigenvalue weighted by Crippen LogP contribution is 2.34. The molecule has 0 amide bonds. The molecule has 5 nitrogen and oxygen atoms in total. The van der Waals surface area contributed by atoms with Crippen molar-refractivity contribution in [3.63, 3.8) is 0 Å². The van der Waals surface area contributed by atoms with Crippen molar-refractivity contribution in [2.24, 2.45) is 0 Å². The molecule has 110 valence electrons. The molecular formula is C15H16FN3O2. The van der Waals surface area contributed by atoms with E-state index in [9.17, 15) is 14.5 Å². The van der Waals surface area contributed by atoms with Gasteiger partial charge in [-0.15, -0.1) is 0 Å². The fourth-order valence-corrected chi connectivity index (χ4v) is 2.28. The van der Waals surface area contributed by atoms with E-state index in [0.29, 0.717) is 17.9 Å². The first kappa shape index (κ1) is 14.9. The number of aromatic nitrogens is 1. The van der Waals surface area contributed by atoms with Crippen LogP contribution < -0.4 is 5.32 Å². The molecule has 2 aromatic rings. The molecule has 0 aliphatic rings. The molecule has 0 unspecified atom stereocenters. The summed E-state index contributed by atoms with van der Waals surface area (Å²) in [5.41, 5.74) is 1.40. The maximum absolute atomic E-state index is 14.3. The monoisotopic (exact) mass is 289 g/mol. The Hall–Kier alpha value is -2.50. The van der Waals surface area contributed by atoms with E-state index in [1.807, 2.05) is 6.92 Å². The summed E-state index contributed by atoms with van der Waals surface area (Å²) < 4.78 is 14.3. The number of aryl methyl sites for hydroxylation is 2. The molecule has 6 heteroatoms. The Bertz CT molecular complexity index is 678. The van der Waals surface area contributed by atoms with Crippen molar-refractivity contribution >= 4 is 11.5 Å². The standard InChI is InChI=1S/C15H16FN3O2/c1-4-17-13-6-5-12(19(20)21)15(18-13)14-10(3)7-9(2)8-11(14)16/h5-8H,4H2,1-3H3,(H,17,18). The first-order chi connectivity index (χ1) is 9.93. The van der Waals surface area contributed by atoms with Crippen LogP contribution in [0.25, 0.3) is 11.3 Å². The number of hydrogen-bond donors (Lipinski definition) is 1. The fraction of sp³-hybridized carbons (Fsp3) is 0.267. The lowest BCUT2D eigenvalue weighted by atomic mass is 10.0. The molecule has 2 rings (SSSR count). The number of halogens is 1. The van der Waals surface area contributed by atoms with Crippen LogP contribution in [0.2, 0.25) is 0 Å². The largest absolute Gasteiger partial charge is 0.370 e. The Balaban J connectivity index is 2.71. The summed E-state index contributed by atoms with van der Waals surface area (Å²) in [5, 5.41) is 14.2. The average Bonchev–Trinajstić information content (AvgIpc) is 2.37. The van der Waals surface area contributed by atoms with Gasteiger partial charge in [-0.2, -0.15) is 0 Å². The summed E-state index contributed by atoms with van der Waals surface area (Å²) >= 11 is 0. The highest BCUT2D eigenvalue weighted by Gasteiger charge is 2.22. The molecule has 0 atom stereocenters. The first-order valence-corrected chi connectivity index (χ1v) is 6.60. The van der Waals surface area contributed by atoms with Gasteiger partial charge in [0.2, 0.25) is 0 Å². The van der Waals surface area contributed by atoms with Crippen LogP contribution in [0.15, 0.2) is 24.3 Å². The van der Waals surface area contributed by atoms with E-state index in [4.69, 9.17) is 0 Å². The highest BCUT2D eigenvalue weighted by molar-refractivity contribution is 5.74. The molecule has 1 N–H and O–H groups in total. The molecule has 0 spiro atoms. The molecule has 0 bridgehead atoms. The van der Waals surface area contributed by atoms with Crippen molar-refractivity contribution in [2.45, 2.75) is 20.8 Å². The summed E-state index contributed by atoms with van der Waals surface area (Å²) in [6.45, 7) is 6.01. The van der Waals surface area contributed by atoms with Crippen LogP contribution in [-0.2, 0) is 0 Å². The van der Waals surface area contributed by atoms with Crippen molar-refractivity contribution < 1.29 is 9.31 Å². The number of nitrogens with one attached hydrogen (secondary N) is 1. The topological polar surface area (TPSA) is 68.1 Å². The molecule has 1 aromatic carbocycles. The van der Waals surface area contributed by atoms with Gasteiger partial charge in [0.1, 0.15) is 11.6 Å². The van der Waals surface area contributed by atoms with Crippen LogP contribution >= 0.6 is 0 Å². The second-order valence-corrected chi connectivity index (χ2v) is 4.79. The maximum atomic E-state index is 14.3. The van der Waals surface area contributed by atoms with Gasteiger partial charge in [0.05, 0.1) is 4.92 Å². The zero-order chi connectivity index (χ0) is 15.6. The van der Waals surface area contributed by atoms with E-state index in [1.165, 1.54) is 18.2 Å². The Morgan fingerprint density at radius 2 is 2.05 bits per heavy atom. The molecule has 0 aliphatic heterocycles. The highest BCUT2D eigenvalue weighted by atomic mass is 19.1. The second-order valence-electron chi connectivity index (χ2n) is 4.79. The van der Waals surface area contributed by atoms with E-state index >= 15 is 0 Å². The zero-order valence-electron chi connectivity index (χ0n) is 12.1.